The van der Waals surface area contributed by atoms with Crippen molar-refractivity contribution in [1.82, 2.24) is 14.9 Å². The van der Waals surface area contributed by atoms with Crippen molar-refractivity contribution < 1.29 is 24.2 Å². The number of aliphatic hydroxyl groups excluding tert-OH is 1. The Morgan fingerprint density at radius 2 is 1.61 bits per heavy atom. The standard InChI is InChI=1S/C39H39Cl2N5O5/c40-37-38(41)46(24-44-37)22-31-20-34(28-13-11-25(23-47)12-14-28)51-39(50-31)29-17-15-27(16-18-29)30-6-3-5-26(19-30)21-43-35(48)9-4-10-36(49)45-33-8-2-1-7-32(33)42/h1-3,5-8,11-19,24,31,34,39,47H,4,9-10,20-23,42H2,(H,43,48)(H,45,49)/t31-,34+,39+/m1/s1. The van der Waals surface area contributed by atoms with Crippen LogP contribution < -0.4 is 16.4 Å². The maximum absolute atomic E-state index is 12.5. The first-order valence-corrected chi connectivity index (χ1v) is 17.5. The molecule has 5 N–H and O–H groups in total. The largest absolute Gasteiger partial charge is 0.397 e. The predicted octanol–water partition coefficient (Wildman–Crippen LogP) is 7.60. The summed E-state index contributed by atoms with van der Waals surface area (Å²) in [5, 5.41) is 15.8. The molecule has 5 aromatic rings. The van der Waals surface area contributed by atoms with E-state index < -0.39 is 6.29 Å². The summed E-state index contributed by atoms with van der Waals surface area (Å²) in [6.45, 7) is 0.789. The van der Waals surface area contributed by atoms with Gasteiger partial charge in [-0.1, -0.05) is 102 Å². The van der Waals surface area contributed by atoms with Crippen LogP contribution in [0, 0.1) is 0 Å². The SMILES string of the molecule is Nc1ccccc1NC(=O)CCCC(=O)NCc1cccc(-c2ccc([C@H]3O[C@@H](Cn4cnc(Cl)c4Cl)C[C@@H](c4ccc(CO)cc4)O3)cc2)c1. The summed E-state index contributed by atoms with van der Waals surface area (Å²) < 4.78 is 14.7. The van der Waals surface area contributed by atoms with Gasteiger partial charge in [-0.3, -0.25) is 9.59 Å². The van der Waals surface area contributed by atoms with E-state index in [2.05, 4.69) is 15.6 Å². The predicted molar refractivity (Wildman–Crippen MR) is 198 cm³/mol. The number of aliphatic hydroxyl groups is 1. The quantitative estimate of drug-likeness (QED) is 0.0916. The molecule has 3 atom stereocenters. The lowest BCUT2D eigenvalue weighted by atomic mass is 9.99. The van der Waals surface area contributed by atoms with Gasteiger partial charge in [-0.05, 0) is 52.4 Å². The van der Waals surface area contributed by atoms with Gasteiger partial charge >= 0.3 is 0 Å². The minimum Gasteiger partial charge on any atom is -0.397 e. The third-order valence-electron chi connectivity index (χ3n) is 8.72. The minimum absolute atomic E-state index is 0.0298. The Labute approximate surface area is 306 Å². The molecule has 10 nitrogen and oxygen atoms in total. The molecule has 6 rings (SSSR count). The normalized spacial score (nSPS) is 17.2. The van der Waals surface area contributed by atoms with Gasteiger partial charge in [0, 0.05) is 31.4 Å². The molecule has 1 fully saturated rings. The van der Waals surface area contributed by atoms with Crippen molar-refractivity contribution in [2.75, 3.05) is 11.1 Å². The number of nitrogens with two attached hydrogens (primary N) is 1. The molecule has 0 bridgehead atoms. The second-order valence-corrected chi connectivity index (χ2v) is 13.1. The number of ether oxygens (including phenoxy) is 2. The highest BCUT2D eigenvalue weighted by molar-refractivity contribution is 6.40. The number of para-hydroxylation sites is 2. The number of carbonyl (C=O) groups excluding carboxylic acids is 2. The fraction of sp³-hybridized carbons (Fsp3) is 0.256. The molecule has 51 heavy (non-hydrogen) atoms. The Hall–Kier alpha value is -4.71. The van der Waals surface area contributed by atoms with Crippen LogP contribution in [0.2, 0.25) is 10.3 Å². The van der Waals surface area contributed by atoms with E-state index in [1.54, 1.807) is 35.2 Å². The molecular formula is C39H39Cl2N5O5. The first-order valence-electron chi connectivity index (χ1n) is 16.7. The smallest absolute Gasteiger partial charge is 0.224 e. The lowest BCUT2D eigenvalue weighted by molar-refractivity contribution is -0.252. The maximum atomic E-state index is 12.5. The third kappa shape index (κ3) is 9.55. The van der Waals surface area contributed by atoms with E-state index in [4.69, 9.17) is 38.4 Å². The highest BCUT2D eigenvalue weighted by atomic mass is 35.5. The summed E-state index contributed by atoms with van der Waals surface area (Å²) in [7, 11) is 0. The van der Waals surface area contributed by atoms with Crippen molar-refractivity contribution in [3.05, 3.63) is 136 Å². The van der Waals surface area contributed by atoms with Gasteiger partial charge in [-0.15, -0.1) is 0 Å². The van der Waals surface area contributed by atoms with Crippen LogP contribution in [-0.4, -0.2) is 32.6 Å². The highest BCUT2D eigenvalue weighted by Gasteiger charge is 2.33. The van der Waals surface area contributed by atoms with Crippen molar-refractivity contribution in [3.8, 4) is 11.1 Å². The van der Waals surface area contributed by atoms with Crippen LogP contribution in [0.25, 0.3) is 11.1 Å². The summed E-state index contributed by atoms with van der Waals surface area (Å²) in [6, 6.07) is 30.8. The summed E-state index contributed by atoms with van der Waals surface area (Å²) in [5.74, 6) is -0.303. The van der Waals surface area contributed by atoms with Crippen molar-refractivity contribution in [2.24, 2.45) is 0 Å². The number of nitrogens with one attached hydrogen (secondary N) is 2. The number of imidazole rings is 1. The van der Waals surface area contributed by atoms with Gasteiger partial charge in [-0.25, -0.2) is 4.98 Å². The van der Waals surface area contributed by atoms with E-state index in [0.29, 0.717) is 42.5 Å². The number of aromatic nitrogens is 2. The van der Waals surface area contributed by atoms with Crippen molar-refractivity contribution >= 4 is 46.4 Å². The number of nitrogens with zero attached hydrogens (tertiary/aromatic N) is 2. The number of hydrogen-bond acceptors (Lipinski definition) is 7. The first kappa shape index (κ1) is 36.1. The van der Waals surface area contributed by atoms with Gasteiger partial charge in [0.25, 0.3) is 0 Å². The third-order valence-corrected chi connectivity index (χ3v) is 9.49. The molecule has 0 unspecified atom stereocenters. The average Bonchev–Trinajstić information content (AvgIpc) is 3.47. The van der Waals surface area contributed by atoms with Crippen LogP contribution in [0.1, 0.15) is 60.3 Å². The molecule has 0 radical (unpaired) electrons. The second-order valence-electron chi connectivity index (χ2n) is 12.4. The van der Waals surface area contributed by atoms with E-state index in [-0.39, 0.29) is 48.6 Å². The molecular weight excluding hydrogens is 689 g/mol. The lowest BCUT2D eigenvalue weighted by Crippen LogP contribution is -2.32. The van der Waals surface area contributed by atoms with Crippen LogP contribution in [0.3, 0.4) is 0 Å². The number of nitrogen functional groups attached to an aromatic ring is 1. The number of halogens is 2. The molecule has 2 heterocycles. The van der Waals surface area contributed by atoms with Crippen molar-refractivity contribution in [2.45, 2.75) is 63.9 Å². The van der Waals surface area contributed by atoms with Crippen LogP contribution >= 0.6 is 23.2 Å². The van der Waals surface area contributed by atoms with Gasteiger partial charge in [0.2, 0.25) is 11.8 Å². The fourth-order valence-corrected chi connectivity index (χ4v) is 6.25. The Balaban J connectivity index is 1.06. The molecule has 264 valence electrons. The molecule has 4 aromatic carbocycles. The van der Waals surface area contributed by atoms with Gasteiger partial charge in [-0.2, -0.15) is 0 Å². The molecule has 1 aliphatic rings. The van der Waals surface area contributed by atoms with Crippen LogP contribution in [-0.2, 0) is 38.8 Å². The van der Waals surface area contributed by atoms with Gasteiger partial charge < -0.3 is 35.5 Å². The number of benzene rings is 4. The zero-order chi connectivity index (χ0) is 35.7. The minimum atomic E-state index is -0.637. The van der Waals surface area contributed by atoms with E-state index in [1.807, 2.05) is 72.8 Å². The molecule has 1 aromatic heterocycles. The highest BCUT2D eigenvalue weighted by Crippen LogP contribution is 2.39. The van der Waals surface area contributed by atoms with Gasteiger partial charge in [0.1, 0.15) is 5.15 Å². The van der Waals surface area contributed by atoms with Crippen LogP contribution in [0.15, 0.2) is 103 Å². The van der Waals surface area contributed by atoms with Crippen molar-refractivity contribution in [1.29, 1.82) is 0 Å². The van der Waals surface area contributed by atoms with Gasteiger partial charge in [0.15, 0.2) is 11.4 Å². The number of anilines is 2. The van der Waals surface area contributed by atoms with Crippen molar-refractivity contribution in [3.63, 3.8) is 0 Å². The van der Waals surface area contributed by atoms with Gasteiger partial charge in [0.05, 0.1) is 43.1 Å². The first-order chi connectivity index (χ1) is 24.7. The van der Waals surface area contributed by atoms with E-state index in [9.17, 15) is 14.7 Å². The Bertz CT molecular complexity index is 1950. The molecule has 0 spiro atoms. The zero-order valence-corrected chi connectivity index (χ0v) is 29.3. The molecule has 0 aliphatic carbocycles. The Morgan fingerprint density at radius 3 is 2.33 bits per heavy atom. The second kappa shape index (κ2) is 17.0. The fourth-order valence-electron chi connectivity index (χ4n) is 5.94. The number of amides is 2. The zero-order valence-electron chi connectivity index (χ0n) is 27.8. The Morgan fingerprint density at radius 1 is 0.863 bits per heavy atom. The van der Waals surface area contributed by atoms with E-state index in [1.165, 1.54) is 0 Å². The number of rotatable bonds is 13. The molecule has 12 heteroatoms. The molecule has 1 saturated heterocycles. The Kier molecular flexibility index (Phi) is 12.0. The molecule has 1 aliphatic heterocycles. The molecule has 0 saturated carbocycles. The number of carbonyl (C=O) groups is 2. The lowest BCUT2D eigenvalue weighted by Gasteiger charge is -2.36. The van der Waals surface area contributed by atoms with Crippen LogP contribution in [0.5, 0.6) is 0 Å². The van der Waals surface area contributed by atoms with E-state index in [0.717, 1.165) is 33.4 Å². The summed E-state index contributed by atoms with van der Waals surface area (Å²) in [5.41, 5.74) is 12.6. The summed E-state index contributed by atoms with van der Waals surface area (Å²) in [4.78, 5) is 28.9. The summed E-state index contributed by atoms with van der Waals surface area (Å²) in [6.07, 6.45) is 1.93. The molecule has 2 amide bonds. The van der Waals surface area contributed by atoms with Crippen LogP contribution in [0.4, 0.5) is 11.4 Å². The topological polar surface area (TPSA) is 141 Å². The maximum Gasteiger partial charge on any atom is 0.224 e. The average molecular weight is 729 g/mol. The van der Waals surface area contributed by atoms with E-state index >= 15 is 0 Å². The number of hydrogen-bond donors (Lipinski definition) is 4. The monoisotopic (exact) mass is 727 g/mol. The summed E-state index contributed by atoms with van der Waals surface area (Å²) >= 11 is 12.5.